The number of rotatable bonds is 14. The van der Waals surface area contributed by atoms with Crippen LogP contribution < -0.4 is 5.32 Å². The number of hydrogen-bond donors (Lipinski definition) is 2. The predicted octanol–water partition coefficient (Wildman–Crippen LogP) is 4.15. The lowest BCUT2D eigenvalue weighted by molar-refractivity contribution is -0.168. The number of fused-ring (bicyclic) bond motifs is 1. The zero-order chi connectivity index (χ0) is 29.2. The number of aliphatic hydroxyl groups is 1. The van der Waals surface area contributed by atoms with Crippen molar-refractivity contribution < 1.29 is 38.0 Å². The minimum absolute atomic E-state index is 0.0445. The van der Waals surface area contributed by atoms with Gasteiger partial charge in [-0.3, -0.25) is 14.2 Å². The Morgan fingerprint density at radius 1 is 1.05 bits per heavy atom. The van der Waals surface area contributed by atoms with E-state index in [9.17, 15) is 14.0 Å². The Bertz CT molecular complexity index is 1340. The van der Waals surface area contributed by atoms with Crippen LogP contribution in [0.1, 0.15) is 42.1 Å². The number of nitrogens with zero attached hydrogens (tertiary/aromatic N) is 1. The van der Waals surface area contributed by atoms with Crippen molar-refractivity contribution in [1.82, 2.24) is 9.88 Å². The van der Waals surface area contributed by atoms with Gasteiger partial charge in [0.15, 0.2) is 5.76 Å². The Kier molecular flexibility index (Phi) is 11.0. The Morgan fingerprint density at radius 2 is 1.78 bits per heavy atom. The average molecular weight is 569 g/mol. The van der Waals surface area contributed by atoms with Crippen molar-refractivity contribution in [3.63, 3.8) is 0 Å². The van der Waals surface area contributed by atoms with Crippen molar-refractivity contribution in [2.75, 3.05) is 39.6 Å². The molecule has 10 heteroatoms. The standard InChI is InChI=1S/C31H37FN2O7/c1-3-40-31-25(12-14-38-16-17-39-15-13-35)26(27-20-34(21(2)36)28-7-5-4-6-24(27)28)18-29(41-31)30(37)33-19-22-8-10-23(32)11-9-22/h4-11,18,20,25-26,31,35H,3,12-17,19H2,1-2H3,(H,33,37)/t25-,26-,31+/m0/s1. The molecule has 2 heterocycles. The number of nitrogens with one attached hydrogen (secondary N) is 1. The van der Waals surface area contributed by atoms with Gasteiger partial charge in [0.1, 0.15) is 5.82 Å². The fourth-order valence-electron chi connectivity index (χ4n) is 5.00. The number of allylic oxidation sites excluding steroid dienone is 1. The molecule has 2 aromatic carbocycles. The van der Waals surface area contributed by atoms with Gasteiger partial charge in [0.05, 0.1) is 31.9 Å². The summed E-state index contributed by atoms with van der Waals surface area (Å²) in [5, 5.41) is 12.6. The van der Waals surface area contributed by atoms with E-state index in [0.717, 1.165) is 22.0 Å². The van der Waals surface area contributed by atoms with E-state index in [1.165, 1.54) is 19.1 Å². The molecule has 0 saturated carbocycles. The number of benzene rings is 2. The maximum Gasteiger partial charge on any atom is 0.286 e. The second kappa shape index (κ2) is 14.9. The van der Waals surface area contributed by atoms with Crippen LogP contribution >= 0.6 is 0 Å². The molecule has 3 aromatic rings. The SMILES string of the molecule is CCO[C@@H]1OC(C(=O)NCc2ccc(F)cc2)=C[C@H](c2cn(C(C)=O)c3ccccc23)[C@@H]1CCOCCOCCO. The highest BCUT2D eigenvalue weighted by atomic mass is 19.1. The molecule has 2 N–H and O–H groups in total. The Hall–Kier alpha value is -3.57. The number of carbonyl (C=O) groups excluding carboxylic acids is 2. The molecule has 0 unspecified atom stereocenters. The molecule has 0 spiro atoms. The minimum atomic E-state index is -0.741. The molecule has 1 aliphatic heterocycles. The molecular formula is C31H37FN2O7. The molecule has 0 radical (unpaired) electrons. The monoisotopic (exact) mass is 568 g/mol. The molecule has 0 saturated heterocycles. The quantitative estimate of drug-likeness (QED) is 0.281. The number of carbonyl (C=O) groups is 2. The number of para-hydroxylation sites is 1. The Labute approximate surface area is 238 Å². The molecule has 3 atom stereocenters. The fraction of sp³-hybridized carbons (Fsp3) is 0.419. The first-order chi connectivity index (χ1) is 19.9. The van der Waals surface area contributed by atoms with E-state index in [4.69, 9.17) is 24.1 Å². The summed E-state index contributed by atoms with van der Waals surface area (Å²) in [6.07, 6.45) is 3.43. The first-order valence-electron chi connectivity index (χ1n) is 13.8. The maximum absolute atomic E-state index is 13.3. The summed E-state index contributed by atoms with van der Waals surface area (Å²) in [5.74, 6) is -1.33. The summed E-state index contributed by atoms with van der Waals surface area (Å²) in [6, 6.07) is 13.6. The fourth-order valence-corrected chi connectivity index (χ4v) is 5.00. The van der Waals surface area contributed by atoms with Gasteiger partial charge in [-0.05, 0) is 48.7 Å². The Balaban J connectivity index is 1.63. The van der Waals surface area contributed by atoms with Crippen LogP contribution in [0.25, 0.3) is 10.9 Å². The van der Waals surface area contributed by atoms with Gasteiger partial charge < -0.3 is 29.4 Å². The zero-order valence-electron chi connectivity index (χ0n) is 23.4. The lowest BCUT2D eigenvalue weighted by Gasteiger charge is -2.36. The van der Waals surface area contributed by atoms with E-state index in [-0.39, 0.29) is 49.1 Å². The second-order valence-corrected chi connectivity index (χ2v) is 9.70. The topological polar surface area (TPSA) is 108 Å². The molecular weight excluding hydrogens is 531 g/mol. The number of ether oxygens (including phenoxy) is 4. The van der Waals surface area contributed by atoms with E-state index < -0.39 is 12.2 Å². The van der Waals surface area contributed by atoms with Gasteiger partial charge >= 0.3 is 0 Å². The first-order valence-corrected chi connectivity index (χ1v) is 13.8. The second-order valence-electron chi connectivity index (χ2n) is 9.70. The van der Waals surface area contributed by atoms with E-state index in [1.54, 1.807) is 22.8 Å². The molecule has 41 heavy (non-hydrogen) atoms. The third kappa shape index (κ3) is 7.80. The highest BCUT2D eigenvalue weighted by Crippen LogP contribution is 2.42. The van der Waals surface area contributed by atoms with Gasteiger partial charge in [-0.2, -0.15) is 0 Å². The highest BCUT2D eigenvalue weighted by molar-refractivity contribution is 5.95. The summed E-state index contributed by atoms with van der Waals surface area (Å²) < 4.78 is 38.1. The van der Waals surface area contributed by atoms with Crippen molar-refractivity contribution in [3.8, 4) is 0 Å². The van der Waals surface area contributed by atoms with Gasteiger partial charge in [0.25, 0.3) is 5.91 Å². The number of aromatic nitrogens is 1. The van der Waals surface area contributed by atoms with Crippen molar-refractivity contribution in [2.24, 2.45) is 5.92 Å². The van der Waals surface area contributed by atoms with Crippen LogP contribution in [0.4, 0.5) is 4.39 Å². The van der Waals surface area contributed by atoms with Crippen LogP contribution in [0.5, 0.6) is 0 Å². The molecule has 1 amide bonds. The van der Waals surface area contributed by atoms with E-state index in [0.29, 0.717) is 32.8 Å². The summed E-state index contributed by atoms with van der Waals surface area (Å²) in [4.78, 5) is 25.8. The van der Waals surface area contributed by atoms with Crippen LogP contribution in [0, 0.1) is 11.7 Å². The van der Waals surface area contributed by atoms with Gasteiger partial charge in [0, 0.05) is 50.1 Å². The number of aliphatic hydroxyl groups excluding tert-OH is 1. The third-order valence-electron chi connectivity index (χ3n) is 6.95. The van der Waals surface area contributed by atoms with Crippen LogP contribution in [-0.2, 0) is 30.3 Å². The molecule has 0 aliphatic carbocycles. The molecule has 0 fully saturated rings. The first kappa shape index (κ1) is 30.4. The van der Waals surface area contributed by atoms with Crippen molar-refractivity contribution >= 4 is 22.7 Å². The average Bonchev–Trinajstić information content (AvgIpc) is 3.37. The lowest BCUT2D eigenvalue weighted by atomic mass is 9.81. The van der Waals surface area contributed by atoms with Gasteiger partial charge in [0.2, 0.25) is 12.2 Å². The van der Waals surface area contributed by atoms with E-state index in [2.05, 4.69) is 5.32 Å². The largest absolute Gasteiger partial charge is 0.459 e. The van der Waals surface area contributed by atoms with Crippen molar-refractivity contribution in [1.29, 1.82) is 0 Å². The number of hydrogen-bond acceptors (Lipinski definition) is 7. The maximum atomic E-state index is 13.3. The summed E-state index contributed by atoms with van der Waals surface area (Å²) in [5.41, 5.74) is 2.40. The smallest absolute Gasteiger partial charge is 0.286 e. The summed E-state index contributed by atoms with van der Waals surface area (Å²) >= 11 is 0. The van der Waals surface area contributed by atoms with Crippen LogP contribution in [0.15, 0.2) is 66.6 Å². The number of amides is 1. The van der Waals surface area contributed by atoms with Gasteiger partial charge in [-0.15, -0.1) is 0 Å². The van der Waals surface area contributed by atoms with Crippen molar-refractivity contribution in [3.05, 3.63) is 83.5 Å². The number of halogens is 1. The lowest BCUT2D eigenvalue weighted by Crippen LogP contribution is -2.39. The van der Waals surface area contributed by atoms with Crippen LogP contribution in [0.2, 0.25) is 0 Å². The summed E-state index contributed by atoms with van der Waals surface area (Å²) in [7, 11) is 0. The third-order valence-corrected chi connectivity index (χ3v) is 6.95. The summed E-state index contributed by atoms with van der Waals surface area (Å²) in [6.45, 7) is 5.27. The molecule has 4 rings (SSSR count). The van der Waals surface area contributed by atoms with Crippen molar-refractivity contribution in [2.45, 2.75) is 39.0 Å². The van der Waals surface area contributed by atoms with Gasteiger partial charge in [-0.1, -0.05) is 30.3 Å². The highest BCUT2D eigenvalue weighted by Gasteiger charge is 2.39. The minimum Gasteiger partial charge on any atom is -0.459 e. The zero-order valence-corrected chi connectivity index (χ0v) is 23.4. The van der Waals surface area contributed by atoms with E-state index >= 15 is 0 Å². The van der Waals surface area contributed by atoms with E-state index in [1.807, 2.05) is 37.4 Å². The normalized spacial score (nSPS) is 18.6. The van der Waals surface area contributed by atoms with Crippen LogP contribution in [0.3, 0.4) is 0 Å². The molecule has 220 valence electrons. The predicted molar refractivity (Wildman–Crippen MR) is 151 cm³/mol. The van der Waals surface area contributed by atoms with Crippen LogP contribution in [-0.4, -0.2) is 67.4 Å². The Morgan fingerprint density at radius 3 is 2.49 bits per heavy atom. The molecule has 1 aliphatic rings. The molecule has 0 bridgehead atoms. The molecule has 9 nitrogen and oxygen atoms in total. The van der Waals surface area contributed by atoms with Gasteiger partial charge in [-0.25, -0.2) is 4.39 Å². The molecule has 1 aromatic heterocycles.